The van der Waals surface area contributed by atoms with E-state index in [1.165, 1.54) is 12.1 Å². The van der Waals surface area contributed by atoms with Gasteiger partial charge in [0.05, 0.1) is 0 Å². The second-order valence-electron chi connectivity index (χ2n) is 6.33. The minimum absolute atomic E-state index is 0.00457. The largest absolute Gasteiger partial charge is 0.480 e. The molecular formula is C23H19F2NO2. The first kappa shape index (κ1) is 19.5. The zero-order valence-electron chi connectivity index (χ0n) is 15.0. The van der Waals surface area contributed by atoms with E-state index in [2.05, 4.69) is 0 Å². The summed E-state index contributed by atoms with van der Waals surface area (Å²) in [5.74, 6) is -2.55. The summed E-state index contributed by atoms with van der Waals surface area (Å²) in [7, 11) is 0. The number of nitrogens with two attached hydrogens (primary N) is 1. The highest BCUT2D eigenvalue weighted by atomic mass is 19.1. The van der Waals surface area contributed by atoms with Crippen LogP contribution < -0.4 is 5.73 Å². The van der Waals surface area contributed by atoms with Crippen molar-refractivity contribution >= 4 is 11.5 Å². The average molecular weight is 379 g/mol. The Morgan fingerprint density at radius 1 is 0.964 bits per heavy atom. The number of aliphatic carboxylic acids is 1. The third-order valence-electron chi connectivity index (χ3n) is 4.42. The molecule has 0 aromatic heterocycles. The molecule has 3 aromatic rings. The Morgan fingerprint density at radius 2 is 1.64 bits per heavy atom. The van der Waals surface area contributed by atoms with Crippen LogP contribution in [0.3, 0.4) is 0 Å². The van der Waals surface area contributed by atoms with E-state index in [4.69, 9.17) is 10.8 Å². The summed E-state index contributed by atoms with van der Waals surface area (Å²) in [6, 6.07) is 19.2. The highest BCUT2D eigenvalue weighted by Crippen LogP contribution is 2.34. The Labute approximate surface area is 161 Å². The van der Waals surface area contributed by atoms with Crippen LogP contribution in [0.1, 0.15) is 17.5 Å². The van der Waals surface area contributed by atoms with Gasteiger partial charge in [0.15, 0.2) is 0 Å². The van der Waals surface area contributed by atoms with E-state index in [0.29, 0.717) is 11.1 Å². The van der Waals surface area contributed by atoms with Crippen LogP contribution in [0.25, 0.3) is 16.7 Å². The number of carbonyl (C=O) groups is 1. The van der Waals surface area contributed by atoms with Gasteiger partial charge < -0.3 is 10.8 Å². The van der Waals surface area contributed by atoms with Crippen molar-refractivity contribution in [3.8, 4) is 11.1 Å². The van der Waals surface area contributed by atoms with Crippen LogP contribution >= 0.6 is 0 Å². The van der Waals surface area contributed by atoms with Gasteiger partial charge in [0.1, 0.15) is 17.7 Å². The van der Waals surface area contributed by atoms with Gasteiger partial charge in [-0.3, -0.25) is 4.79 Å². The summed E-state index contributed by atoms with van der Waals surface area (Å²) in [6.07, 6.45) is 1.60. The van der Waals surface area contributed by atoms with Crippen molar-refractivity contribution in [3.63, 3.8) is 0 Å². The van der Waals surface area contributed by atoms with E-state index < -0.39 is 23.6 Å². The molecule has 3 aromatic carbocycles. The third-order valence-corrected chi connectivity index (χ3v) is 4.42. The van der Waals surface area contributed by atoms with E-state index >= 15 is 0 Å². The first-order valence-electron chi connectivity index (χ1n) is 8.76. The Kier molecular flexibility index (Phi) is 5.96. The number of carboxylic acids is 1. The highest BCUT2D eigenvalue weighted by Gasteiger charge is 2.17. The molecule has 3 N–H and O–H groups in total. The Morgan fingerprint density at radius 3 is 2.32 bits per heavy atom. The van der Waals surface area contributed by atoms with Crippen LogP contribution in [-0.4, -0.2) is 17.1 Å². The fraction of sp³-hybridized carbons (Fsp3) is 0.0870. The van der Waals surface area contributed by atoms with Gasteiger partial charge in [0, 0.05) is 11.6 Å². The summed E-state index contributed by atoms with van der Waals surface area (Å²) < 4.78 is 28.0. The van der Waals surface area contributed by atoms with Crippen molar-refractivity contribution < 1.29 is 18.7 Å². The lowest BCUT2D eigenvalue weighted by Crippen LogP contribution is -2.29. The highest BCUT2D eigenvalue weighted by molar-refractivity contribution is 5.89. The molecular weight excluding hydrogens is 360 g/mol. The molecule has 0 saturated heterocycles. The summed E-state index contributed by atoms with van der Waals surface area (Å²) in [5, 5.41) is 9.08. The Bertz CT molecular complexity index is 1020. The van der Waals surface area contributed by atoms with E-state index in [9.17, 15) is 13.6 Å². The lowest BCUT2D eigenvalue weighted by molar-refractivity contribution is -0.138. The zero-order chi connectivity index (χ0) is 20.1. The molecule has 0 aliphatic heterocycles. The van der Waals surface area contributed by atoms with Crippen LogP contribution in [0.4, 0.5) is 8.78 Å². The van der Waals surface area contributed by atoms with Crippen LogP contribution in [0.15, 0.2) is 78.9 Å². The maximum Gasteiger partial charge on any atom is 0.320 e. The Hall–Kier alpha value is -3.31. The molecule has 0 amide bonds. The molecule has 0 radical (unpaired) electrons. The van der Waals surface area contributed by atoms with Crippen LogP contribution in [0.2, 0.25) is 0 Å². The number of hydrogen-bond donors (Lipinski definition) is 2. The zero-order valence-corrected chi connectivity index (χ0v) is 15.0. The minimum atomic E-state index is -1.15. The van der Waals surface area contributed by atoms with Gasteiger partial charge in [-0.2, -0.15) is 0 Å². The van der Waals surface area contributed by atoms with E-state index in [0.717, 1.165) is 17.2 Å². The molecule has 0 aliphatic carbocycles. The fourth-order valence-electron chi connectivity index (χ4n) is 3.01. The predicted octanol–water partition coefficient (Wildman–Crippen LogP) is 4.87. The average Bonchev–Trinajstić information content (AvgIpc) is 2.70. The topological polar surface area (TPSA) is 63.3 Å². The summed E-state index contributed by atoms with van der Waals surface area (Å²) in [5.41, 5.74) is 8.76. The van der Waals surface area contributed by atoms with Gasteiger partial charge in [0.2, 0.25) is 0 Å². The quantitative estimate of drug-likeness (QED) is 0.643. The minimum Gasteiger partial charge on any atom is -0.480 e. The van der Waals surface area contributed by atoms with E-state index in [1.807, 2.05) is 54.6 Å². The third kappa shape index (κ3) is 4.32. The molecule has 0 aliphatic rings. The van der Waals surface area contributed by atoms with Gasteiger partial charge in [-0.15, -0.1) is 0 Å². The number of hydrogen-bond acceptors (Lipinski definition) is 2. The molecule has 1 atom stereocenters. The first-order valence-corrected chi connectivity index (χ1v) is 8.76. The molecule has 3 nitrogen and oxygen atoms in total. The van der Waals surface area contributed by atoms with Crippen molar-refractivity contribution in [2.24, 2.45) is 5.73 Å². The number of halogens is 2. The number of carboxylic acid groups (broad SMARTS) is 1. The monoisotopic (exact) mass is 379 g/mol. The molecule has 0 saturated carbocycles. The molecule has 0 heterocycles. The normalized spacial score (nSPS) is 12.6. The molecule has 0 fully saturated rings. The van der Waals surface area contributed by atoms with Crippen molar-refractivity contribution in [1.29, 1.82) is 0 Å². The van der Waals surface area contributed by atoms with E-state index in [-0.39, 0.29) is 12.0 Å². The van der Waals surface area contributed by atoms with Gasteiger partial charge in [-0.25, -0.2) is 8.78 Å². The number of rotatable bonds is 6. The maximum atomic E-state index is 14.6. The second-order valence-corrected chi connectivity index (χ2v) is 6.33. The SMILES string of the molecule is NC(C/C=C(\c1ccc(F)cc1F)c1ccccc1-c1ccccc1)C(=O)O. The molecule has 1 unspecified atom stereocenters. The lowest BCUT2D eigenvalue weighted by Gasteiger charge is -2.16. The van der Waals surface area contributed by atoms with Crippen molar-refractivity contribution in [1.82, 2.24) is 0 Å². The predicted molar refractivity (Wildman–Crippen MR) is 106 cm³/mol. The van der Waals surface area contributed by atoms with Gasteiger partial charge in [-0.05, 0) is 40.8 Å². The smallest absolute Gasteiger partial charge is 0.320 e. The van der Waals surface area contributed by atoms with Crippen LogP contribution in [0, 0.1) is 11.6 Å². The van der Waals surface area contributed by atoms with E-state index in [1.54, 1.807) is 6.08 Å². The molecule has 142 valence electrons. The second kappa shape index (κ2) is 8.59. The van der Waals surface area contributed by atoms with Gasteiger partial charge >= 0.3 is 5.97 Å². The summed E-state index contributed by atoms with van der Waals surface area (Å²) in [6.45, 7) is 0. The van der Waals surface area contributed by atoms with Crippen molar-refractivity contribution in [2.45, 2.75) is 12.5 Å². The van der Waals surface area contributed by atoms with Crippen LogP contribution in [-0.2, 0) is 4.79 Å². The maximum absolute atomic E-state index is 14.6. The lowest BCUT2D eigenvalue weighted by atomic mass is 9.89. The molecule has 5 heteroatoms. The van der Waals surface area contributed by atoms with Crippen molar-refractivity contribution in [2.75, 3.05) is 0 Å². The number of benzene rings is 3. The molecule has 0 spiro atoms. The summed E-state index contributed by atoms with van der Waals surface area (Å²) in [4.78, 5) is 11.1. The molecule has 0 bridgehead atoms. The fourth-order valence-corrected chi connectivity index (χ4v) is 3.01. The molecule has 3 rings (SSSR count). The van der Waals surface area contributed by atoms with Gasteiger partial charge in [0.25, 0.3) is 0 Å². The Balaban J connectivity index is 2.18. The van der Waals surface area contributed by atoms with Crippen molar-refractivity contribution in [3.05, 3.63) is 102 Å². The van der Waals surface area contributed by atoms with Gasteiger partial charge in [-0.1, -0.05) is 60.7 Å². The standard InChI is InChI=1S/C23H19F2NO2/c24-16-10-11-20(21(25)14-16)19(12-13-22(26)23(27)28)18-9-5-4-8-17(18)15-6-2-1-3-7-15/h1-12,14,22H,13,26H2,(H,27,28)/b19-12-. The van der Waals surface area contributed by atoms with Crippen LogP contribution in [0.5, 0.6) is 0 Å². The molecule has 28 heavy (non-hydrogen) atoms. The summed E-state index contributed by atoms with van der Waals surface area (Å²) >= 11 is 0. The first-order chi connectivity index (χ1) is 13.5.